The number of phenols is 2. The van der Waals surface area contributed by atoms with Gasteiger partial charge >= 0.3 is 0 Å². The maximum absolute atomic E-state index is 9.66. The van der Waals surface area contributed by atoms with E-state index in [1.54, 1.807) is 12.1 Å². The quantitative estimate of drug-likeness (QED) is 0.797. The van der Waals surface area contributed by atoms with E-state index in [-0.39, 0.29) is 11.5 Å². The molecule has 0 saturated carbocycles. The molecule has 0 unspecified atom stereocenters. The minimum absolute atomic E-state index is 0.113. The second-order valence-electron chi connectivity index (χ2n) is 3.38. The van der Waals surface area contributed by atoms with Crippen LogP contribution in [0.3, 0.4) is 0 Å². The van der Waals surface area contributed by atoms with E-state index in [2.05, 4.69) is 15.9 Å². The molecule has 1 aromatic carbocycles. The van der Waals surface area contributed by atoms with Crippen LogP contribution in [0.4, 0.5) is 0 Å². The molecule has 0 atom stereocenters. The van der Waals surface area contributed by atoms with Crippen LogP contribution in [0, 0.1) is 0 Å². The highest BCUT2D eigenvalue weighted by Crippen LogP contribution is 2.34. The summed E-state index contributed by atoms with van der Waals surface area (Å²) in [5.41, 5.74) is 1.71. The number of allylic oxidation sites excluding steroid dienone is 2. The van der Waals surface area contributed by atoms with Gasteiger partial charge in [0.25, 0.3) is 0 Å². The molecule has 76 valence electrons. The van der Waals surface area contributed by atoms with E-state index < -0.39 is 0 Å². The molecule has 0 fully saturated rings. The molecule has 14 heavy (non-hydrogen) atoms. The third kappa shape index (κ3) is 2.51. The lowest BCUT2D eigenvalue weighted by molar-refractivity contribution is 0.438. The van der Waals surface area contributed by atoms with Crippen LogP contribution >= 0.6 is 15.9 Å². The summed E-state index contributed by atoms with van der Waals surface area (Å²) < 4.78 is 0.604. The van der Waals surface area contributed by atoms with Crippen LogP contribution in [0.15, 0.2) is 28.3 Å². The van der Waals surface area contributed by atoms with Crippen molar-refractivity contribution in [2.75, 3.05) is 0 Å². The third-order valence-corrected chi connectivity index (χ3v) is 2.56. The number of aromatic hydroxyl groups is 2. The van der Waals surface area contributed by atoms with E-state index in [1.165, 1.54) is 0 Å². The molecule has 1 aromatic rings. The summed E-state index contributed by atoms with van der Waals surface area (Å²) in [7, 11) is 0. The van der Waals surface area contributed by atoms with E-state index in [0.29, 0.717) is 16.5 Å². The lowest BCUT2D eigenvalue weighted by Gasteiger charge is -2.06. The Morgan fingerprint density at radius 3 is 2.57 bits per heavy atom. The minimum atomic E-state index is 0.113. The molecule has 1 rings (SSSR count). The first-order valence-electron chi connectivity index (χ1n) is 4.35. The largest absolute Gasteiger partial charge is 0.508 e. The van der Waals surface area contributed by atoms with Gasteiger partial charge in [-0.25, -0.2) is 0 Å². The van der Waals surface area contributed by atoms with E-state index in [4.69, 9.17) is 0 Å². The summed E-state index contributed by atoms with van der Waals surface area (Å²) in [6.07, 6.45) is 2.50. The molecule has 2 N–H and O–H groups in total. The van der Waals surface area contributed by atoms with Crippen molar-refractivity contribution in [3.05, 3.63) is 33.8 Å². The fraction of sp³-hybridized carbons (Fsp3) is 0.273. The molecular weight excluding hydrogens is 244 g/mol. The number of rotatable bonds is 2. The van der Waals surface area contributed by atoms with E-state index >= 15 is 0 Å². The molecule has 0 aliphatic carbocycles. The summed E-state index contributed by atoms with van der Waals surface area (Å²) >= 11 is 3.21. The first kappa shape index (κ1) is 11.1. The van der Waals surface area contributed by atoms with Crippen LogP contribution in [0.5, 0.6) is 11.5 Å². The van der Waals surface area contributed by atoms with Gasteiger partial charge in [-0.15, -0.1) is 0 Å². The van der Waals surface area contributed by atoms with Crippen molar-refractivity contribution in [2.45, 2.75) is 20.3 Å². The van der Waals surface area contributed by atoms with Crippen molar-refractivity contribution >= 4 is 15.9 Å². The highest BCUT2D eigenvalue weighted by atomic mass is 79.9. The normalized spacial score (nSPS) is 9.93. The van der Waals surface area contributed by atoms with Gasteiger partial charge in [0.1, 0.15) is 11.5 Å². The molecule has 0 amide bonds. The van der Waals surface area contributed by atoms with Crippen molar-refractivity contribution in [1.82, 2.24) is 0 Å². The molecule has 0 bridgehead atoms. The lowest BCUT2D eigenvalue weighted by Crippen LogP contribution is -1.85. The molecule has 3 heteroatoms. The molecule has 0 aliphatic heterocycles. The van der Waals surface area contributed by atoms with Gasteiger partial charge in [0.05, 0.1) is 4.47 Å². The summed E-state index contributed by atoms with van der Waals surface area (Å²) in [6.45, 7) is 3.96. The monoisotopic (exact) mass is 256 g/mol. The van der Waals surface area contributed by atoms with Crippen molar-refractivity contribution in [3.8, 4) is 11.5 Å². The fourth-order valence-corrected chi connectivity index (χ4v) is 1.48. The molecule has 0 saturated heterocycles. The number of hydrogen-bond acceptors (Lipinski definition) is 2. The minimum Gasteiger partial charge on any atom is -0.508 e. The molecule has 0 aromatic heterocycles. The van der Waals surface area contributed by atoms with Crippen LogP contribution in [-0.2, 0) is 6.42 Å². The highest BCUT2D eigenvalue weighted by molar-refractivity contribution is 9.10. The van der Waals surface area contributed by atoms with Crippen LogP contribution in [0.25, 0.3) is 0 Å². The van der Waals surface area contributed by atoms with Gasteiger partial charge < -0.3 is 10.2 Å². The fourth-order valence-electron chi connectivity index (χ4n) is 1.10. The zero-order chi connectivity index (χ0) is 10.7. The molecule has 0 aliphatic rings. The molecule has 0 spiro atoms. The Morgan fingerprint density at radius 2 is 2.00 bits per heavy atom. The smallest absolute Gasteiger partial charge is 0.136 e. The standard InChI is InChI=1S/C11H13BrO2/c1-7(2)3-4-8-10(13)6-5-9(12)11(8)14/h3,5-6,13-14H,4H2,1-2H3. The van der Waals surface area contributed by atoms with E-state index in [9.17, 15) is 10.2 Å². The zero-order valence-electron chi connectivity index (χ0n) is 8.21. The van der Waals surface area contributed by atoms with Gasteiger partial charge in [0, 0.05) is 5.56 Å². The van der Waals surface area contributed by atoms with Crippen LogP contribution in [-0.4, -0.2) is 10.2 Å². The second-order valence-corrected chi connectivity index (χ2v) is 4.23. The molecule has 0 heterocycles. The van der Waals surface area contributed by atoms with Crippen LogP contribution in [0.1, 0.15) is 19.4 Å². The maximum atomic E-state index is 9.66. The molecular formula is C11H13BrO2. The van der Waals surface area contributed by atoms with Crippen LogP contribution < -0.4 is 0 Å². The summed E-state index contributed by atoms with van der Waals surface area (Å²) in [4.78, 5) is 0. The Morgan fingerprint density at radius 1 is 1.36 bits per heavy atom. The average Bonchev–Trinajstić information content (AvgIpc) is 2.11. The SMILES string of the molecule is CC(C)=CCc1c(O)ccc(Br)c1O. The summed E-state index contributed by atoms with van der Waals surface area (Å²) in [6, 6.07) is 3.19. The van der Waals surface area contributed by atoms with Crippen LogP contribution in [0.2, 0.25) is 0 Å². The molecule has 2 nitrogen and oxygen atoms in total. The number of benzene rings is 1. The van der Waals surface area contributed by atoms with Gasteiger partial charge in [0.2, 0.25) is 0 Å². The predicted octanol–water partition coefficient (Wildman–Crippen LogP) is 3.37. The maximum Gasteiger partial charge on any atom is 0.136 e. The predicted molar refractivity (Wildman–Crippen MR) is 60.6 cm³/mol. The second kappa shape index (κ2) is 4.51. The number of hydrogen-bond donors (Lipinski definition) is 2. The van der Waals surface area contributed by atoms with E-state index in [0.717, 1.165) is 5.57 Å². The van der Waals surface area contributed by atoms with Crippen molar-refractivity contribution < 1.29 is 10.2 Å². The lowest BCUT2D eigenvalue weighted by atomic mass is 10.1. The van der Waals surface area contributed by atoms with Gasteiger partial charge in [-0.1, -0.05) is 11.6 Å². The van der Waals surface area contributed by atoms with Crippen molar-refractivity contribution in [3.63, 3.8) is 0 Å². The van der Waals surface area contributed by atoms with Gasteiger partial charge in [-0.3, -0.25) is 0 Å². The highest BCUT2D eigenvalue weighted by Gasteiger charge is 2.08. The van der Waals surface area contributed by atoms with E-state index in [1.807, 2.05) is 19.9 Å². The van der Waals surface area contributed by atoms with Crippen molar-refractivity contribution in [1.29, 1.82) is 0 Å². The Bertz CT molecular complexity index is 366. The Kier molecular flexibility index (Phi) is 3.58. The Labute approximate surface area is 92.0 Å². The average molecular weight is 257 g/mol. The van der Waals surface area contributed by atoms with Crippen molar-refractivity contribution in [2.24, 2.45) is 0 Å². The topological polar surface area (TPSA) is 40.5 Å². The number of phenolic OH excluding ortho intramolecular Hbond substituents is 2. The molecule has 0 radical (unpaired) electrons. The first-order valence-corrected chi connectivity index (χ1v) is 5.14. The Balaban J connectivity index is 3.07. The summed E-state index contributed by atoms with van der Waals surface area (Å²) in [5, 5.41) is 19.2. The van der Waals surface area contributed by atoms with Gasteiger partial charge in [-0.05, 0) is 48.3 Å². The Hall–Kier alpha value is -0.960. The van der Waals surface area contributed by atoms with Gasteiger partial charge in [-0.2, -0.15) is 0 Å². The van der Waals surface area contributed by atoms with Gasteiger partial charge in [0.15, 0.2) is 0 Å². The first-order chi connectivity index (χ1) is 6.52. The zero-order valence-corrected chi connectivity index (χ0v) is 9.80. The third-order valence-electron chi connectivity index (χ3n) is 1.92. The number of halogens is 1. The summed E-state index contributed by atoms with van der Waals surface area (Å²) in [5.74, 6) is 0.241.